The second-order valence-corrected chi connectivity index (χ2v) is 4.39. The van der Waals surface area contributed by atoms with Gasteiger partial charge in [0.15, 0.2) is 11.6 Å². The van der Waals surface area contributed by atoms with Gasteiger partial charge < -0.3 is 9.47 Å². The summed E-state index contributed by atoms with van der Waals surface area (Å²) in [6.45, 7) is 0. The van der Waals surface area contributed by atoms with Gasteiger partial charge in [0.05, 0.1) is 19.8 Å². The van der Waals surface area contributed by atoms with E-state index in [1.807, 2.05) is 0 Å². The van der Waals surface area contributed by atoms with Gasteiger partial charge in [0.25, 0.3) is 0 Å². The third-order valence-electron chi connectivity index (χ3n) is 2.48. The van der Waals surface area contributed by atoms with Crippen LogP contribution in [0, 0.1) is 5.82 Å². The highest BCUT2D eigenvalue weighted by atomic mass is 32.1. The highest BCUT2D eigenvalue weighted by molar-refractivity contribution is 7.12. The van der Waals surface area contributed by atoms with Gasteiger partial charge in [-0.15, -0.1) is 11.3 Å². The molecule has 94 valence electrons. The Morgan fingerprint density at radius 2 is 1.89 bits per heavy atom. The first-order chi connectivity index (χ1) is 8.69. The predicted molar refractivity (Wildman–Crippen MR) is 67.3 cm³/mol. The van der Waals surface area contributed by atoms with Gasteiger partial charge >= 0.3 is 0 Å². The molecule has 0 aliphatic heterocycles. The monoisotopic (exact) mass is 266 g/mol. The lowest BCUT2D eigenvalue weighted by Crippen LogP contribution is -2.05. The number of carbonyl (C=O) groups excluding carboxylic acids is 1. The molecule has 0 bridgehead atoms. The molecule has 1 heterocycles. The summed E-state index contributed by atoms with van der Waals surface area (Å²) in [5.41, 5.74) is -0.0184. The van der Waals surface area contributed by atoms with Crippen LogP contribution >= 0.6 is 11.3 Å². The largest absolute Gasteiger partial charge is 0.495 e. The van der Waals surface area contributed by atoms with Crippen LogP contribution in [0.4, 0.5) is 4.39 Å². The molecule has 1 aromatic heterocycles. The van der Waals surface area contributed by atoms with E-state index in [2.05, 4.69) is 0 Å². The maximum atomic E-state index is 14.0. The molecule has 0 unspecified atom stereocenters. The van der Waals surface area contributed by atoms with Gasteiger partial charge in [-0.25, -0.2) is 4.39 Å². The topological polar surface area (TPSA) is 35.5 Å². The van der Waals surface area contributed by atoms with Crippen molar-refractivity contribution in [1.82, 2.24) is 0 Å². The third kappa shape index (κ3) is 2.09. The van der Waals surface area contributed by atoms with Crippen molar-refractivity contribution in [3.63, 3.8) is 0 Å². The summed E-state index contributed by atoms with van der Waals surface area (Å²) >= 11 is 1.22. The minimum atomic E-state index is -0.652. The fourth-order valence-electron chi connectivity index (χ4n) is 1.59. The Bertz CT molecular complexity index is 577. The van der Waals surface area contributed by atoms with Gasteiger partial charge in [-0.3, -0.25) is 4.79 Å². The van der Waals surface area contributed by atoms with Gasteiger partial charge in [-0.1, -0.05) is 6.07 Å². The quantitative estimate of drug-likeness (QED) is 0.797. The maximum absolute atomic E-state index is 14.0. The highest BCUT2D eigenvalue weighted by Crippen LogP contribution is 2.29. The smallest absolute Gasteiger partial charge is 0.209 e. The van der Waals surface area contributed by atoms with Crippen molar-refractivity contribution < 1.29 is 18.7 Å². The average Bonchev–Trinajstić information content (AvgIpc) is 2.86. The first kappa shape index (κ1) is 12.6. The standard InChI is InChI=1S/C13H11FO3S/c1-16-9-5-3-4-8(11(9)14)12(15)13-10(17-2)6-7-18-13/h3-7H,1-2H3. The molecule has 0 radical (unpaired) electrons. The lowest BCUT2D eigenvalue weighted by molar-refractivity contribution is 0.103. The van der Waals surface area contributed by atoms with Gasteiger partial charge in [0.1, 0.15) is 10.6 Å². The van der Waals surface area contributed by atoms with Gasteiger partial charge in [0, 0.05) is 0 Å². The Morgan fingerprint density at radius 1 is 1.17 bits per heavy atom. The molecule has 5 heteroatoms. The predicted octanol–water partition coefficient (Wildman–Crippen LogP) is 3.14. The second kappa shape index (κ2) is 5.18. The Labute approximate surface area is 108 Å². The Balaban J connectivity index is 2.47. The first-order valence-electron chi connectivity index (χ1n) is 5.17. The molecule has 18 heavy (non-hydrogen) atoms. The normalized spacial score (nSPS) is 10.2. The van der Waals surface area contributed by atoms with Gasteiger partial charge in [-0.05, 0) is 23.6 Å². The van der Waals surface area contributed by atoms with E-state index in [-0.39, 0.29) is 11.3 Å². The molecule has 2 rings (SSSR count). The van der Waals surface area contributed by atoms with Crippen molar-refractivity contribution in [3.8, 4) is 11.5 Å². The van der Waals surface area contributed by atoms with Crippen LogP contribution in [0.2, 0.25) is 0 Å². The summed E-state index contributed by atoms with van der Waals surface area (Å²) in [4.78, 5) is 12.6. The third-order valence-corrected chi connectivity index (χ3v) is 3.38. The molecule has 0 N–H and O–H groups in total. The van der Waals surface area contributed by atoms with Crippen molar-refractivity contribution in [3.05, 3.63) is 45.9 Å². The number of methoxy groups -OCH3 is 2. The Hall–Kier alpha value is -1.88. The minimum Gasteiger partial charge on any atom is -0.495 e. The minimum absolute atomic E-state index is 0.0184. The molecule has 0 atom stereocenters. The molecular formula is C13H11FO3S. The van der Waals surface area contributed by atoms with Crippen LogP contribution in [0.1, 0.15) is 15.2 Å². The fourth-order valence-corrected chi connectivity index (χ4v) is 2.40. The molecule has 2 aromatic rings. The zero-order chi connectivity index (χ0) is 13.1. The maximum Gasteiger partial charge on any atom is 0.209 e. The van der Waals surface area contributed by atoms with Gasteiger partial charge in [0.2, 0.25) is 5.78 Å². The highest BCUT2D eigenvalue weighted by Gasteiger charge is 2.21. The number of carbonyl (C=O) groups is 1. The number of hydrogen-bond donors (Lipinski definition) is 0. The zero-order valence-corrected chi connectivity index (χ0v) is 10.7. The fraction of sp³-hybridized carbons (Fsp3) is 0.154. The van der Waals surface area contributed by atoms with Crippen molar-refractivity contribution in [2.45, 2.75) is 0 Å². The summed E-state index contributed by atoms with van der Waals surface area (Å²) in [7, 11) is 2.83. The van der Waals surface area contributed by atoms with Crippen LogP contribution in [-0.4, -0.2) is 20.0 Å². The van der Waals surface area contributed by atoms with Crippen LogP contribution in [0.15, 0.2) is 29.6 Å². The Morgan fingerprint density at radius 3 is 2.56 bits per heavy atom. The molecular weight excluding hydrogens is 255 g/mol. The van der Waals surface area contributed by atoms with Crippen LogP contribution in [0.3, 0.4) is 0 Å². The van der Waals surface area contributed by atoms with Crippen molar-refractivity contribution in [2.75, 3.05) is 14.2 Å². The SMILES string of the molecule is COc1ccsc1C(=O)c1cccc(OC)c1F. The molecule has 0 aliphatic carbocycles. The summed E-state index contributed by atoms with van der Waals surface area (Å²) in [6.07, 6.45) is 0. The number of halogens is 1. The summed E-state index contributed by atoms with van der Waals surface area (Å²) < 4.78 is 23.9. The van der Waals surface area contributed by atoms with E-state index in [1.165, 1.54) is 37.7 Å². The van der Waals surface area contributed by atoms with E-state index in [1.54, 1.807) is 17.5 Å². The number of rotatable bonds is 4. The lowest BCUT2D eigenvalue weighted by atomic mass is 10.1. The summed E-state index contributed by atoms with van der Waals surface area (Å²) in [5.74, 6) is -0.553. The lowest BCUT2D eigenvalue weighted by Gasteiger charge is -2.06. The van der Waals surface area contributed by atoms with Crippen LogP contribution in [-0.2, 0) is 0 Å². The van der Waals surface area contributed by atoms with E-state index in [0.29, 0.717) is 10.6 Å². The molecule has 1 aromatic carbocycles. The van der Waals surface area contributed by atoms with E-state index in [9.17, 15) is 9.18 Å². The number of ketones is 1. The molecule has 0 aliphatic rings. The Kier molecular flexibility index (Phi) is 3.62. The van der Waals surface area contributed by atoms with E-state index in [4.69, 9.17) is 9.47 Å². The van der Waals surface area contributed by atoms with Crippen molar-refractivity contribution >= 4 is 17.1 Å². The molecule has 0 spiro atoms. The van der Waals surface area contributed by atoms with Crippen molar-refractivity contribution in [2.24, 2.45) is 0 Å². The molecule has 0 fully saturated rings. The van der Waals surface area contributed by atoms with E-state index >= 15 is 0 Å². The summed E-state index contributed by atoms with van der Waals surface area (Å²) in [6, 6.07) is 6.16. The van der Waals surface area contributed by atoms with E-state index < -0.39 is 11.6 Å². The molecule has 3 nitrogen and oxygen atoms in total. The summed E-state index contributed by atoms with van der Waals surface area (Å²) in [5, 5.41) is 1.73. The van der Waals surface area contributed by atoms with Gasteiger partial charge in [-0.2, -0.15) is 0 Å². The first-order valence-corrected chi connectivity index (χ1v) is 6.05. The number of ether oxygens (including phenoxy) is 2. The van der Waals surface area contributed by atoms with Crippen molar-refractivity contribution in [1.29, 1.82) is 0 Å². The second-order valence-electron chi connectivity index (χ2n) is 3.47. The molecule has 0 saturated heterocycles. The van der Waals surface area contributed by atoms with E-state index in [0.717, 1.165) is 0 Å². The number of hydrogen-bond acceptors (Lipinski definition) is 4. The zero-order valence-electron chi connectivity index (χ0n) is 9.90. The van der Waals surface area contributed by atoms with Crippen LogP contribution in [0.5, 0.6) is 11.5 Å². The van der Waals surface area contributed by atoms with Crippen LogP contribution < -0.4 is 9.47 Å². The number of thiophene rings is 1. The average molecular weight is 266 g/mol. The molecule has 0 saturated carbocycles. The number of benzene rings is 1. The van der Waals surface area contributed by atoms with Crippen LogP contribution in [0.25, 0.3) is 0 Å². The molecule has 0 amide bonds.